The summed E-state index contributed by atoms with van der Waals surface area (Å²) in [6.07, 6.45) is 0.752. The maximum atomic E-state index is 12.1. The van der Waals surface area contributed by atoms with Gasteiger partial charge >= 0.3 is 11.6 Å². The van der Waals surface area contributed by atoms with Crippen LogP contribution in [0.5, 0.6) is 11.5 Å². The zero-order chi connectivity index (χ0) is 21.7. The molecule has 0 aliphatic heterocycles. The normalized spacial score (nSPS) is 10.6. The molecule has 1 amide bonds. The minimum absolute atomic E-state index is 0.0748. The molecule has 0 saturated heterocycles. The van der Waals surface area contributed by atoms with E-state index in [2.05, 4.69) is 37.2 Å². The van der Waals surface area contributed by atoms with Crippen LogP contribution in [-0.4, -0.2) is 25.0 Å². The van der Waals surface area contributed by atoms with Gasteiger partial charge in [-0.05, 0) is 58.7 Å². The number of ether oxygens (including phenoxy) is 2. The molecule has 0 fully saturated rings. The molecule has 1 aromatic heterocycles. The first-order chi connectivity index (χ1) is 14.4. The van der Waals surface area contributed by atoms with E-state index in [1.54, 1.807) is 30.3 Å². The van der Waals surface area contributed by atoms with Gasteiger partial charge in [0.1, 0.15) is 22.6 Å². The monoisotopic (exact) mass is 537 g/mol. The second kappa shape index (κ2) is 9.90. The van der Waals surface area contributed by atoms with E-state index in [1.165, 1.54) is 12.1 Å². The summed E-state index contributed by atoms with van der Waals surface area (Å²) in [4.78, 5) is 36.3. The predicted molar refractivity (Wildman–Crippen MR) is 118 cm³/mol. The summed E-state index contributed by atoms with van der Waals surface area (Å²) in [7, 11) is 0. The van der Waals surface area contributed by atoms with Gasteiger partial charge in [0.05, 0.1) is 4.47 Å². The molecule has 1 heterocycles. The van der Waals surface area contributed by atoms with Crippen LogP contribution in [0.1, 0.15) is 23.7 Å². The Kier molecular flexibility index (Phi) is 7.28. The minimum Gasteiger partial charge on any atom is -0.481 e. The molecule has 0 bridgehead atoms. The Labute approximate surface area is 188 Å². The third kappa shape index (κ3) is 5.48. The molecule has 7 nitrogen and oxygen atoms in total. The van der Waals surface area contributed by atoms with Gasteiger partial charge in [-0.25, -0.2) is 9.59 Å². The van der Waals surface area contributed by atoms with Crippen LogP contribution in [0.2, 0.25) is 0 Å². The molecule has 0 atom stereocenters. The lowest BCUT2D eigenvalue weighted by Gasteiger charge is -2.09. The Morgan fingerprint density at radius 2 is 1.90 bits per heavy atom. The number of hydrogen-bond acceptors (Lipinski definition) is 6. The first-order valence-corrected chi connectivity index (χ1v) is 10.6. The number of amides is 1. The van der Waals surface area contributed by atoms with Crippen molar-refractivity contribution in [2.75, 3.05) is 13.2 Å². The maximum Gasteiger partial charge on any atom is 0.349 e. The molecule has 3 rings (SSSR count). The number of carbonyl (C=O) groups excluding carboxylic acids is 2. The average molecular weight is 539 g/mol. The fourth-order valence-electron chi connectivity index (χ4n) is 2.54. The SMILES string of the molecule is CCCNC(=O)c1cc2ccc(OC(=O)COc3ccc(Br)cc3Br)cc2oc1=O. The Morgan fingerprint density at radius 1 is 1.10 bits per heavy atom. The molecule has 1 N–H and O–H groups in total. The van der Waals surface area contributed by atoms with Gasteiger partial charge in [0.25, 0.3) is 5.91 Å². The summed E-state index contributed by atoms with van der Waals surface area (Å²) < 4.78 is 17.5. The van der Waals surface area contributed by atoms with Crippen LogP contribution in [0.4, 0.5) is 0 Å². The highest BCUT2D eigenvalue weighted by molar-refractivity contribution is 9.11. The van der Waals surface area contributed by atoms with E-state index in [4.69, 9.17) is 13.9 Å². The van der Waals surface area contributed by atoms with Crippen LogP contribution < -0.4 is 20.4 Å². The topological polar surface area (TPSA) is 94.8 Å². The lowest BCUT2D eigenvalue weighted by Crippen LogP contribution is -2.28. The van der Waals surface area contributed by atoms with Gasteiger partial charge in [0, 0.05) is 22.5 Å². The van der Waals surface area contributed by atoms with E-state index in [-0.39, 0.29) is 23.5 Å². The average Bonchev–Trinajstić information content (AvgIpc) is 2.70. The maximum absolute atomic E-state index is 12.1. The lowest BCUT2D eigenvalue weighted by molar-refractivity contribution is -0.136. The van der Waals surface area contributed by atoms with Crippen LogP contribution >= 0.6 is 31.9 Å². The third-order valence-corrected chi connectivity index (χ3v) is 5.07. The van der Waals surface area contributed by atoms with Crippen LogP contribution in [0, 0.1) is 0 Å². The van der Waals surface area contributed by atoms with Gasteiger partial charge in [-0.15, -0.1) is 0 Å². The molecule has 2 aromatic carbocycles. The smallest absolute Gasteiger partial charge is 0.349 e. The fraction of sp³-hybridized carbons (Fsp3) is 0.190. The summed E-state index contributed by atoms with van der Waals surface area (Å²) in [5, 5.41) is 3.17. The molecule has 30 heavy (non-hydrogen) atoms. The second-order valence-electron chi connectivity index (χ2n) is 6.24. The lowest BCUT2D eigenvalue weighted by atomic mass is 10.1. The molecule has 156 valence electrons. The van der Waals surface area contributed by atoms with Gasteiger partial charge in [-0.3, -0.25) is 4.79 Å². The number of carbonyl (C=O) groups is 2. The Bertz CT molecular complexity index is 1160. The number of halogens is 2. The van der Waals surface area contributed by atoms with Crippen molar-refractivity contribution >= 4 is 54.7 Å². The molecule has 0 aliphatic rings. The van der Waals surface area contributed by atoms with Crippen molar-refractivity contribution in [3.05, 3.63) is 67.4 Å². The number of rotatable bonds is 7. The van der Waals surface area contributed by atoms with Crippen LogP contribution in [0.25, 0.3) is 11.0 Å². The number of nitrogens with one attached hydrogen (secondary N) is 1. The van der Waals surface area contributed by atoms with E-state index in [0.29, 0.717) is 22.2 Å². The number of benzene rings is 2. The predicted octanol–water partition coefficient (Wildman–Crippen LogP) is 4.44. The van der Waals surface area contributed by atoms with E-state index < -0.39 is 17.5 Å². The Morgan fingerprint density at radius 3 is 2.63 bits per heavy atom. The van der Waals surface area contributed by atoms with Gasteiger partial charge in [0.2, 0.25) is 0 Å². The zero-order valence-electron chi connectivity index (χ0n) is 15.9. The molecule has 0 spiro atoms. The molecule has 0 unspecified atom stereocenters. The Balaban J connectivity index is 1.70. The molecule has 9 heteroatoms. The van der Waals surface area contributed by atoms with Crippen molar-refractivity contribution < 1.29 is 23.5 Å². The first-order valence-electron chi connectivity index (χ1n) is 9.02. The number of esters is 1. The van der Waals surface area contributed by atoms with E-state index in [9.17, 15) is 14.4 Å². The molecule has 0 saturated carbocycles. The van der Waals surface area contributed by atoms with E-state index in [0.717, 1.165) is 10.9 Å². The minimum atomic E-state index is -0.761. The van der Waals surface area contributed by atoms with Crippen LogP contribution in [0.3, 0.4) is 0 Å². The highest BCUT2D eigenvalue weighted by Gasteiger charge is 2.14. The van der Waals surface area contributed by atoms with E-state index in [1.807, 2.05) is 6.92 Å². The van der Waals surface area contributed by atoms with Crippen molar-refractivity contribution in [3.8, 4) is 11.5 Å². The highest BCUT2D eigenvalue weighted by atomic mass is 79.9. The van der Waals surface area contributed by atoms with Crippen LogP contribution in [-0.2, 0) is 4.79 Å². The quantitative estimate of drug-likeness (QED) is 0.271. The standard InChI is InChI=1S/C21H17Br2NO6/c1-2-7-24-20(26)15-8-12-3-5-14(10-18(12)30-21(15)27)29-19(25)11-28-17-6-4-13(22)9-16(17)23/h3-6,8-10H,2,7,11H2,1H3,(H,24,26). The van der Waals surface area contributed by atoms with E-state index >= 15 is 0 Å². The molecule has 0 aliphatic carbocycles. The largest absolute Gasteiger partial charge is 0.481 e. The third-order valence-electron chi connectivity index (χ3n) is 3.96. The summed E-state index contributed by atoms with van der Waals surface area (Å²) in [5.74, 6) is -0.424. The fourth-order valence-corrected chi connectivity index (χ4v) is 3.70. The zero-order valence-corrected chi connectivity index (χ0v) is 19.0. The highest BCUT2D eigenvalue weighted by Crippen LogP contribution is 2.28. The Hall–Kier alpha value is -2.65. The number of hydrogen-bond donors (Lipinski definition) is 1. The molecule has 3 aromatic rings. The molecular formula is C21H17Br2NO6. The van der Waals surface area contributed by atoms with Crippen molar-refractivity contribution in [2.24, 2.45) is 0 Å². The number of fused-ring (bicyclic) bond motifs is 1. The molecule has 0 radical (unpaired) electrons. The summed E-state index contributed by atoms with van der Waals surface area (Å²) >= 11 is 6.69. The molecular weight excluding hydrogens is 522 g/mol. The first kappa shape index (κ1) is 22.0. The second-order valence-corrected chi connectivity index (χ2v) is 8.01. The van der Waals surface area contributed by atoms with Crippen molar-refractivity contribution in [1.82, 2.24) is 5.32 Å². The summed E-state index contributed by atoms with van der Waals surface area (Å²) in [5.41, 5.74) is -0.633. The van der Waals surface area contributed by atoms with Crippen molar-refractivity contribution in [1.29, 1.82) is 0 Å². The van der Waals surface area contributed by atoms with Crippen molar-refractivity contribution in [3.63, 3.8) is 0 Å². The van der Waals surface area contributed by atoms with Crippen LogP contribution in [0.15, 0.2) is 60.6 Å². The summed E-state index contributed by atoms with van der Waals surface area (Å²) in [6, 6.07) is 11.3. The van der Waals surface area contributed by atoms with Crippen molar-refractivity contribution in [2.45, 2.75) is 13.3 Å². The van der Waals surface area contributed by atoms with Gasteiger partial charge < -0.3 is 19.2 Å². The van der Waals surface area contributed by atoms with Gasteiger partial charge in [-0.1, -0.05) is 22.9 Å². The summed E-state index contributed by atoms with van der Waals surface area (Å²) in [6.45, 7) is 2.07. The van der Waals surface area contributed by atoms with Gasteiger partial charge in [-0.2, -0.15) is 0 Å². The van der Waals surface area contributed by atoms with Gasteiger partial charge in [0.15, 0.2) is 6.61 Å².